The summed E-state index contributed by atoms with van der Waals surface area (Å²) in [7, 11) is 1.69. The predicted octanol–water partition coefficient (Wildman–Crippen LogP) is 2.18. The first-order chi connectivity index (χ1) is 8.61. The van der Waals surface area contributed by atoms with Crippen LogP contribution in [0.15, 0.2) is 0 Å². The third kappa shape index (κ3) is 2.02. The molecule has 1 aliphatic carbocycles. The Kier molecular flexibility index (Phi) is 3.93. The van der Waals surface area contributed by atoms with Gasteiger partial charge in [0.25, 0.3) is 0 Å². The zero-order valence-corrected chi connectivity index (χ0v) is 11.5. The van der Waals surface area contributed by atoms with Crippen LogP contribution >= 0.6 is 0 Å². The van der Waals surface area contributed by atoms with E-state index in [0.717, 1.165) is 24.2 Å². The standard InChI is InChI=1S/C15H23NO2/c1-9-11-6-4-5-7-12(11)10(2)15(18-3)14(9)13(16)8-17/h13,17H,4-8,16H2,1-3H3. The summed E-state index contributed by atoms with van der Waals surface area (Å²) in [5, 5.41) is 9.35. The lowest BCUT2D eigenvalue weighted by atomic mass is 9.81. The van der Waals surface area contributed by atoms with Gasteiger partial charge in [-0.15, -0.1) is 0 Å². The van der Waals surface area contributed by atoms with Gasteiger partial charge < -0.3 is 15.6 Å². The highest BCUT2D eigenvalue weighted by Crippen LogP contribution is 2.39. The van der Waals surface area contributed by atoms with Gasteiger partial charge in [-0.2, -0.15) is 0 Å². The van der Waals surface area contributed by atoms with Crippen LogP contribution in [0.1, 0.15) is 46.7 Å². The van der Waals surface area contributed by atoms with Gasteiger partial charge in [-0.25, -0.2) is 0 Å². The van der Waals surface area contributed by atoms with E-state index in [2.05, 4.69) is 13.8 Å². The Labute approximate surface area is 109 Å². The van der Waals surface area contributed by atoms with Gasteiger partial charge in [-0.1, -0.05) is 0 Å². The molecule has 0 saturated carbocycles. The predicted molar refractivity (Wildman–Crippen MR) is 73.1 cm³/mol. The number of rotatable bonds is 3. The Morgan fingerprint density at radius 2 is 1.72 bits per heavy atom. The number of nitrogens with two attached hydrogens (primary N) is 1. The molecule has 100 valence electrons. The average Bonchev–Trinajstić information content (AvgIpc) is 2.41. The van der Waals surface area contributed by atoms with Crippen molar-refractivity contribution >= 4 is 0 Å². The second kappa shape index (κ2) is 5.29. The molecule has 2 rings (SSSR count). The third-order valence-corrected chi connectivity index (χ3v) is 4.13. The first-order valence-electron chi connectivity index (χ1n) is 6.67. The van der Waals surface area contributed by atoms with Crippen molar-refractivity contribution in [3.8, 4) is 5.75 Å². The first kappa shape index (κ1) is 13.4. The van der Waals surface area contributed by atoms with E-state index in [0.29, 0.717) is 0 Å². The molecule has 0 amide bonds. The molecule has 0 bridgehead atoms. The van der Waals surface area contributed by atoms with Crippen molar-refractivity contribution in [3.63, 3.8) is 0 Å². The smallest absolute Gasteiger partial charge is 0.127 e. The van der Waals surface area contributed by atoms with Crippen LogP contribution in [0.2, 0.25) is 0 Å². The van der Waals surface area contributed by atoms with Crippen molar-refractivity contribution in [2.45, 2.75) is 45.6 Å². The van der Waals surface area contributed by atoms with Crippen molar-refractivity contribution in [2.75, 3.05) is 13.7 Å². The van der Waals surface area contributed by atoms with Crippen LogP contribution in [0.4, 0.5) is 0 Å². The molecule has 0 spiro atoms. The summed E-state index contributed by atoms with van der Waals surface area (Å²) in [5.41, 5.74) is 12.3. The number of fused-ring (bicyclic) bond motifs is 1. The maximum absolute atomic E-state index is 9.35. The van der Waals surface area contributed by atoms with E-state index in [1.54, 1.807) is 7.11 Å². The fraction of sp³-hybridized carbons (Fsp3) is 0.600. The molecule has 3 nitrogen and oxygen atoms in total. The number of hydrogen-bond donors (Lipinski definition) is 2. The topological polar surface area (TPSA) is 55.5 Å². The lowest BCUT2D eigenvalue weighted by Gasteiger charge is -2.27. The molecule has 1 aliphatic rings. The van der Waals surface area contributed by atoms with Crippen LogP contribution in [0.3, 0.4) is 0 Å². The Balaban J connectivity index is 2.68. The summed E-state index contributed by atoms with van der Waals surface area (Å²) in [6.45, 7) is 4.17. The van der Waals surface area contributed by atoms with Crippen LogP contribution < -0.4 is 10.5 Å². The minimum atomic E-state index is -0.356. The zero-order valence-electron chi connectivity index (χ0n) is 11.5. The molecular formula is C15H23NO2. The van der Waals surface area contributed by atoms with Crippen LogP contribution in [0.5, 0.6) is 5.75 Å². The molecule has 0 aliphatic heterocycles. The average molecular weight is 249 g/mol. The molecule has 1 atom stereocenters. The van der Waals surface area contributed by atoms with Crippen molar-refractivity contribution in [2.24, 2.45) is 5.73 Å². The van der Waals surface area contributed by atoms with Crippen molar-refractivity contribution < 1.29 is 9.84 Å². The molecule has 0 saturated heterocycles. The quantitative estimate of drug-likeness (QED) is 0.863. The van der Waals surface area contributed by atoms with Crippen molar-refractivity contribution in [1.29, 1.82) is 0 Å². The molecule has 0 fully saturated rings. The SMILES string of the molecule is COc1c(C)c2c(c(C)c1C(N)CO)CCCC2. The number of ether oxygens (including phenoxy) is 1. The highest BCUT2D eigenvalue weighted by molar-refractivity contribution is 5.57. The third-order valence-electron chi connectivity index (χ3n) is 4.13. The molecule has 1 unspecified atom stereocenters. The molecule has 0 heterocycles. The van der Waals surface area contributed by atoms with Crippen molar-refractivity contribution in [1.82, 2.24) is 0 Å². The molecule has 1 aromatic rings. The van der Waals surface area contributed by atoms with Gasteiger partial charge in [0.1, 0.15) is 5.75 Å². The zero-order chi connectivity index (χ0) is 13.3. The molecule has 1 aromatic carbocycles. The summed E-state index contributed by atoms with van der Waals surface area (Å²) in [5.74, 6) is 0.870. The van der Waals surface area contributed by atoms with Crippen molar-refractivity contribution in [3.05, 3.63) is 27.8 Å². The minimum Gasteiger partial charge on any atom is -0.496 e. The number of hydrogen-bond acceptors (Lipinski definition) is 3. The summed E-state index contributed by atoms with van der Waals surface area (Å²) in [6, 6.07) is -0.356. The van der Waals surface area contributed by atoms with E-state index in [9.17, 15) is 5.11 Å². The number of benzene rings is 1. The highest BCUT2D eigenvalue weighted by Gasteiger charge is 2.24. The van der Waals surface area contributed by atoms with E-state index in [1.807, 2.05) is 0 Å². The Morgan fingerprint density at radius 1 is 1.17 bits per heavy atom. The molecule has 3 N–H and O–H groups in total. The Bertz CT molecular complexity index is 455. The maximum Gasteiger partial charge on any atom is 0.127 e. The molecular weight excluding hydrogens is 226 g/mol. The second-order valence-corrected chi connectivity index (χ2v) is 5.15. The van der Waals surface area contributed by atoms with Gasteiger partial charge in [0.15, 0.2) is 0 Å². The van der Waals surface area contributed by atoms with Gasteiger partial charge in [0.2, 0.25) is 0 Å². The van der Waals surface area contributed by atoms with E-state index in [-0.39, 0.29) is 12.6 Å². The fourth-order valence-corrected chi connectivity index (χ4v) is 3.21. The Morgan fingerprint density at radius 3 is 2.22 bits per heavy atom. The van der Waals surface area contributed by atoms with E-state index in [4.69, 9.17) is 10.5 Å². The van der Waals surface area contributed by atoms with E-state index < -0.39 is 0 Å². The normalized spacial score (nSPS) is 16.3. The van der Waals surface area contributed by atoms with Gasteiger partial charge in [0, 0.05) is 5.56 Å². The monoisotopic (exact) mass is 249 g/mol. The molecule has 0 radical (unpaired) electrons. The van der Waals surface area contributed by atoms with E-state index in [1.165, 1.54) is 35.1 Å². The van der Waals surface area contributed by atoms with Gasteiger partial charge in [0.05, 0.1) is 19.8 Å². The Hall–Kier alpha value is -1.06. The first-order valence-corrected chi connectivity index (χ1v) is 6.67. The van der Waals surface area contributed by atoms with Gasteiger partial charge in [-0.05, 0) is 61.8 Å². The molecule has 18 heavy (non-hydrogen) atoms. The highest BCUT2D eigenvalue weighted by atomic mass is 16.5. The van der Waals surface area contributed by atoms with Crippen LogP contribution in [0.25, 0.3) is 0 Å². The van der Waals surface area contributed by atoms with Gasteiger partial charge >= 0.3 is 0 Å². The summed E-state index contributed by atoms with van der Waals surface area (Å²) in [6.07, 6.45) is 4.75. The number of aliphatic hydroxyl groups is 1. The molecule has 3 heteroatoms. The van der Waals surface area contributed by atoms with Crippen LogP contribution in [0, 0.1) is 13.8 Å². The van der Waals surface area contributed by atoms with Crippen LogP contribution in [-0.4, -0.2) is 18.8 Å². The van der Waals surface area contributed by atoms with Gasteiger partial charge in [-0.3, -0.25) is 0 Å². The molecule has 0 aromatic heterocycles. The number of aliphatic hydroxyl groups excluding tert-OH is 1. The number of methoxy groups -OCH3 is 1. The largest absolute Gasteiger partial charge is 0.496 e. The fourth-order valence-electron chi connectivity index (χ4n) is 3.21. The van der Waals surface area contributed by atoms with Crippen LogP contribution in [-0.2, 0) is 12.8 Å². The summed E-state index contributed by atoms with van der Waals surface area (Å²) in [4.78, 5) is 0. The summed E-state index contributed by atoms with van der Waals surface area (Å²) < 4.78 is 5.55. The lowest BCUT2D eigenvalue weighted by molar-refractivity contribution is 0.264. The second-order valence-electron chi connectivity index (χ2n) is 5.15. The van der Waals surface area contributed by atoms with E-state index >= 15 is 0 Å². The summed E-state index contributed by atoms with van der Waals surface area (Å²) >= 11 is 0. The lowest BCUT2D eigenvalue weighted by Crippen LogP contribution is -2.20. The minimum absolute atomic E-state index is 0.0462. The maximum atomic E-state index is 9.35.